The molecule has 0 aliphatic heterocycles. The number of nitrogens with one attached hydrogen (secondary N) is 2. The number of nitrogens with two attached hydrogens (primary N) is 1. The van der Waals surface area contributed by atoms with Crippen LogP contribution in [0.5, 0.6) is 11.5 Å². The number of methoxy groups -OCH3 is 2. The lowest BCUT2D eigenvalue weighted by atomic mass is 10.1. The number of rotatable bonds is 8. The summed E-state index contributed by atoms with van der Waals surface area (Å²) < 4.78 is 12.6. The van der Waals surface area contributed by atoms with E-state index in [0.717, 1.165) is 16.8 Å². The van der Waals surface area contributed by atoms with Crippen molar-refractivity contribution in [2.24, 2.45) is 5.73 Å². The molecule has 9 heteroatoms. The molecule has 1 unspecified atom stereocenters. The van der Waals surface area contributed by atoms with E-state index in [9.17, 15) is 4.79 Å². The van der Waals surface area contributed by atoms with Gasteiger partial charge in [-0.25, -0.2) is 9.97 Å². The number of amides is 1. The van der Waals surface area contributed by atoms with Crippen molar-refractivity contribution in [3.8, 4) is 22.8 Å². The lowest BCUT2D eigenvalue weighted by Crippen LogP contribution is -2.12. The van der Waals surface area contributed by atoms with E-state index in [2.05, 4.69) is 15.6 Å². The molecule has 3 aromatic carbocycles. The Hall–Kier alpha value is -4.89. The second kappa shape index (κ2) is 10.6. The van der Waals surface area contributed by atoms with E-state index in [0.29, 0.717) is 39.9 Å². The van der Waals surface area contributed by atoms with Gasteiger partial charge in [0.05, 0.1) is 19.9 Å². The molecule has 9 nitrogen and oxygen atoms in total. The Morgan fingerprint density at radius 2 is 1.74 bits per heavy atom. The Morgan fingerprint density at radius 3 is 2.47 bits per heavy atom. The summed E-state index contributed by atoms with van der Waals surface area (Å²) in [5.74, 6) is 1.57. The normalized spacial score (nSPS) is 11.7. The summed E-state index contributed by atoms with van der Waals surface area (Å²) in [6, 6.07) is 20.3. The highest BCUT2D eigenvalue weighted by Crippen LogP contribution is 2.32. The van der Waals surface area contributed by atoms with Crippen LogP contribution in [-0.2, 0) is 0 Å². The molecule has 2 heterocycles. The number of nitrogens with zero attached hydrogens (tertiary/aromatic N) is 3. The molecule has 38 heavy (non-hydrogen) atoms. The van der Waals surface area contributed by atoms with E-state index in [1.807, 2.05) is 84.4 Å². The molecule has 0 saturated heterocycles. The number of fused-ring (bicyclic) bond motifs is 1. The van der Waals surface area contributed by atoms with Crippen molar-refractivity contribution in [2.75, 3.05) is 24.9 Å². The third kappa shape index (κ3) is 5.14. The molecular formula is C29H28N6O3. The van der Waals surface area contributed by atoms with Gasteiger partial charge in [-0.1, -0.05) is 24.3 Å². The van der Waals surface area contributed by atoms with E-state index < -0.39 is 0 Å². The van der Waals surface area contributed by atoms with Crippen molar-refractivity contribution in [2.45, 2.75) is 13.0 Å². The maximum absolute atomic E-state index is 13.0. The molecule has 0 saturated carbocycles. The quantitative estimate of drug-likeness (QED) is 0.256. The molecular weight excluding hydrogens is 480 g/mol. The lowest BCUT2D eigenvalue weighted by Gasteiger charge is -2.13. The second-order valence-corrected chi connectivity index (χ2v) is 8.77. The first-order valence-electron chi connectivity index (χ1n) is 12.1. The first-order chi connectivity index (χ1) is 18.4. The maximum atomic E-state index is 13.0. The minimum atomic E-state index is -0.215. The second-order valence-electron chi connectivity index (χ2n) is 8.77. The average molecular weight is 509 g/mol. The third-order valence-electron chi connectivity index (χ3n) is 6.14. The number of carbonyl (C=O) groups is 1. The van der Waals surface area contributed by atoms with Crippen molar-refractivity contribution in [3.05, 3.63) is 96.4 Å². The van der Waals surface area contributed by atoms with Crippen LogP contribution >= 0.6 is 0 Å². The summed E-state index contributed by atoms with van der Waals surface area (Å²) in [5.41, 5.74) is 11.0. The SMILES string of the molecule is COc1ccc(Nc2nc(-c3cccc(C(=O)Nc4ccc(C(C)N)cc4)c3)cn3ccnc23)cc1OC. The largest absolute Gasteiger partial charge is 0.493 e. The number of benzene rings is 3. The molecule has 0 aliphatic rings. The van der Waals surface area contributed by atoms with Gasteiger partial charge in [-0.3, -0.25) is 4.79 Å². The molecule has 1 amide bonds. The molecule has 0 fully saturated rings. The van der Waals surface area contributed by atoms with E-state index >= 15 is 0 Å². The molecule has 0 radical (unpaired) electrons. The highest BCUT2D eigenvalue weighted by molar-refractivity contribution is 6.05. The average Bonchev–Trinajstić information content (AvgIpc) is 3.42. The van der Waals surface area contributed by atoms with Gasteiger partial charge in [0.25, 0.3) is 5.91 Å². The lowest BCUT2D eigenvalue weighted by molar-refractivity contribution is 0.102. The smallest absolute Gasteiger partial charge is 0.255 e. The summed E-state index contributed by atoms with van der Waals surface area (Å²) in [5, 5.41) is 6.28. The highest BCUT2D eigenvalue weighted by atomic mass is 16.5. The maximum Gasteiger partial charge on any atom is 0.255 e. The molecule has 0 aliphatic carbocycles. The Morgan fingerprint density at radius 1 is 0.974 bits per heavy atom. The van der Waals surface area contributed by atoms with Crippen LogP contribution in [0.1, 0.15) is 28.9 Å². The number of anilines is 3. The van der Waals surface area contributed by atoms with Crippen molar-refractivity contribution < 1.29 is 14.3 Å². The minimum absolute atomic E-state index is 0.0668. The standard InChI is InChI=1S/C29H28N6O3/c1-18(30)19-7-9-22(10-8-19)33-29(36)21-6-4-5-20(15-21)24-17-35-14-13-31-28(35)27(34-24)32-23-11-12-25(37-2)26(16-23)38-3/h4-18H,30H2,1-3H3,(H,32,34)(H,33,36). The topological polar surface area (TPSA) is 116 Å². The van der Waals surface area contributed by atoms with Gasteiger partial charge in [0.1, 0.15) is 0 Å². The fraction of sp³-hybridized carbons (Fsp3) is 0.138. The fourth-order valence-electron chi connectivity index (χ4n) is 4.10. The first kappa shape index (κ1) is 24.8. The van der Waals surface area contributed by atoms with Crippen LogP contribution in [0.15, 0.2) is 85.3 Å². The number of ether oxygens (including phenoxy) is 2. The molecule has 0 bridgehead atoms. The summed E-state index contributed by atoms with van der Waals surface area (Å²) in [7, 11) is 3.18. The minimum Gasteiger partial charge on any atom is -0.493 e. The van der Waals surface area contributed by atoms with Crippen LogP contribution < -0.4 is 25.8 Å². The van der Waals surface area contributed by atoms with Gasteiger partial charge in [0.15, 0.2) is 23.0 Å². The molecule has 5 aromatic rings. The van der Waals surface area contributed by atoms with Crippen LogP contribution in [0.3, 0.4) is 0 Å². The number of imidazole rings is 1. The van der Waals surface area contributed by atoms with Crippen LogP contribution in [0.2, 0.25) is 0 Å². The number of hydrogen-bond donors (Lipinski definition) is 3. The third-order valence-corrected chi connectivity index (χ3v) is 6.14. The van der Waals surface area contributed by atoms with E-state index in [-0.39, 0.29) is 11.9 Å². The molecule has 192 valence electrons. The summed E-state index contributed by atoms with van der Waals surface area (Å²) >= 11 is 0. The molecule has 1 atom stereocenters. The van der Waals surface area contributed by atoms with Crippen molar-refractivity contribution in [1.29, 1.82) is 0 Å². The Bertz CT molecular complexity index is 1590. The molecule has 5 rings (SSSR count). The van der Waals surface area contributed by atoms with Crippen molar-refractivity contribution in [1.82, 2.24) is 14.4 Å². The fourth-order valence-corrected chi connectivity index (χ4v) is 4.10. The first-order valence-corrected chi connectivity index (χ1v) is 12.1. The molecule has 0 spiro atoms. The number of carbonyl (C=O) groups excluding carboxylic acids is 1. The van der Waals surface area contributed by atoms with Gasteiger partial charge in [-0.05, 0) is 48.9 Å². The zero-order chi connectivity index (χ0) is 26.6. The van der Waals surface area contributed by atoms with Crippen molar-refractivity contribution in [3.63, 3.8) is 0 Å². The van der Waals surface area contributed by atoms with Gasteiger partial charge in [-0.2, -0.15) is 0 Å². The van der Waals surface area contributed by atoms with E-state index in [1.165, 1.54) is 0 Å². The molecule has 4 N–H and O–H groups in total. The van der Waals surface area contributed by atoms with Crippen LogP contribution in [-0.4, -0.2) is 34.5 Å². The van der Waals surface area contributed by atoms with Crippen molar-refractivity contribution >= 4 is 28.7 Å². The zero-order valence-electron chi connectivity index (χ0n) is 21.3. The van der Waals surface area contributed by atoms with Gasteiger partial charge in [0.2, 0.25) is 0 Å². The monoisotopic (exact) mass is 508 g/mol. The Labute approximate surface area is 220 Å². The summed E-state index contributed by atoms with van der Waals surface area (Å²) in [6.45, 7) is 1.92. The van der Waals surface area contributed by atoms with Crippen LogP contribution in [0, 0.1) is 0 Å². The summed E-state index contributed by atoms with van der Waals surface area (Å²) in [4.78, 5) is 22.3. The van der Waals surface area contributed by atoms with Gasteiger partial charge in [-0.15, -0.1) is 0 Å². The predicted molar refractivity (Wildman–Crippen MR) is 148 cm³/mol. The highest BCUT2D eigenvalue weighted by Gasteiger charge is 2.14. The van der Waals surface area contributed by atoms with E-state index in [1.54, 1.807) is 26.5 Å². The van der Waals surface area contributed by atoms with Gasteiger partial charge < -0.3 is 30.2 Å². The Kier molecular flexibility index (Phi) is 6.92. The van der Waals surface area contributed by atoms with E-state index in [4.69, 9.17) is 20.2 Å². The Balaban J connectivity index is 1.43. The molecule has 2 aromatic heterocycles. The zero-order valence-corrected chi connectivity index (χ0v) is 21.3. The van der Waals surface area contributed by atoms with Gasteiger partial charge in [0, 0.05) is 53.2 Å². The summed E-state index contributed by atoms with van der Waals surface area (Å²) in [6.07, 6.45) is 5.44. The van der Waals surface area contributed by atoms with Crippen LogP contribution in [0.25, 0.3) is 16.9 Å². The van der Waals surface area contributed by atoms with Crippen LogP contribution in [0.4, 0.5) is 17.2 Å². The predicted octanol–water partition coefficient (Wildman–Crippen LogP) is 5.43. The number of aromatic nitrogens is 3. The number of hydrogen-bond acceptors (Lipinski definition) is 7. The van der Waals surface area contributed by atoms with Gasteiger partial charge >= 0.3 is 0 Å².